The van der Waals surface area contributed by atoms with Crippen LogP contribution in [0.4, 0.5) is 0 Å². The summed E-state index contributed by atoms with van der Waals surface area (Å²) in [5.74, 6) is 0.772. The molecule has 0 unspecified atom stereocenters. The molecule has 132 valence electrons. The van der Waals surface area contributed by atoms with Gasteiger partial charge in [-0.05, 0) is 25.0 Å². The molecule has 0 atom stereocenters. The average Bonchev–Trinajstić information content (AvgIpc) is 2.92. The van der Waals surface area contributed by atoms with Gasteiger partial charge in [0.25, 0.3) is 0 Å². The molecule has 0 radical (unpaired) electrons. The quantitative estimate of drug-likeness (QED) is 0.372. The number of hydrogen-bond donors (Lipinski definition) is 2. The Bertz CT molecular complexity index is 672. The lowest BCUT2D eigenvalue weighted by atomic mass is 10.2. The van der Waals surface area contributed by atoms with Gasteiger partial charge in [0.1, 0.15) is 0 Å². The van der Waals surface area contributed by atoms with Gasteiger partial charge in [0.15, 0.2) is 5.96 Å². The van der Waals surface area contributed by atoms with Crippen molar-refractivity contribution in [2.75, 3.05) is 13.6 Å². The highest BCUT2D eigenvalue weighted by molar-refractivity contribution is 14.0. The predicted molar refractivity (Wildman–Crippen MR) is 115 cm³/mol. The van der Waals surface area contributed by atoms with Crippen LogP contribution in [0.3, 0.4) is 0 Å². The zero-order valence-corrected chi connectivity index (χ0v) is 18.1. The lowest BCUT2D eigenvalue weighted by Crippen LogP contribution is -2.37. The summed E-state index contributed by atoms with van der Waals surface area (Å²) in [6.45, 7) is 5.73. The summed E-state index contributed by atoms with van der Waals surface area (Å²) >= 11 is 7.94. The van der Waals surface area contributed by atoms with Crippen LogP contribution in [0.25, 0.3) is 0 Å². The molecule has 0 amide bonds. The first-order valence-electron chi connectivity index (χ1n) is 7.77. The molecule has 1 aromatic heterocycles. The van der Waals surface area contributed by atoms with Crippen molar-refractivity contribution in [3.05, 3.63) is 50.4 Å². The Kier molecular flexibility index (Phi) is 9.61. The van der Waals surface area contributed by atoms with Crippen molar-refractivity contribution in [3.8, 4) is 0 Å². The van der Waals surface area contributed by atoms with Crippen LogP contribution in [-0.2, 0) is 19.4 Å². The molecule has 4 nitrogen and oxygen atoms in total. The van der Waals surface area contributed by atoms with Gasteiger partial charge in [0.05, 0.1) is 10.7 Å². The maximum atomic E-state index is 6.16. The van der Waals surface area contributed by atoms with E-state index < -0.39 is 0 Å². The van der Waals surface area contributed by atoms with Gasteiger partial charge in [-0.1, -0.05) is 36.7 Å². The van der Waals surface area contributed by atoms with E-state index in [2.05, 4.69) is 34.5 Å². The van der Waals surface area contributed by atoms with Crippen LogP contribution < -0.4 is 10.6 Å². The molecule has 0 aliphatic heterocycles. The third-order valence-electron chi connectivity index (χ3n) is 3.53. The molecule has 24 heavy (non-hydrogen) atoms. The molecule has 7 heteroatoms. The minimum absolute atomic E-state index is 0. The number of halogens is 2. The highest BCUT2D eigenvalue weighted by Crippen LogP contribution is 2.18. The van der Waals surface area contributed by atoms with Gasteiger partial charge in [-0.25, -0.2) is 4.98 Å². The first-order chi connectivity index (χ1) is 11.1. The summed E-state index contributed by atoms with van der Waals surface area (Å²) in [7, 11) is 1.77. The second-order valence-electron chi connectivity index (χ2n) is 5.16. The molecular weight excluding hydrogens is 455 g/mol. The minimum atomic E-state index is 0. The zero-order valence-electron chi connectivity index (χ0n) is 14.2. The van der Waals surface area contributed by atoms with E-state index in [1.807, 2.05) is 24.3 Å². The van der Waals surface area contributed by atoms with Gasteiger partial charge < -0.3 is 10.6 Å². The lowest BCUT2D eigenvalue weighted by Gasteiger charge is -2.12. The maximum absolute atomic E-state index is 6.16. The Morgan fingerprint density at radius 1 is 1.29 bits per heavy atom. The Morgan fingerprint density at radius 2 is 2.04 bits per heavy atom. The normalized spacial score (nSPS) is 11.1. The van der Waals surface area contributed by atoms with Gasteiger partial charge in [0.2, 0.25) is 0 Å². The van der Waals surface area contributed by atoms with Crippen LogP contribution in [0.5, 0.6) is 0 Å². The highest BCUT2D eigenvalue weighted by atomic mass is 127. The van der Waals surface area contributed by atoms with Crippen molar-refractivity contribution in [3.63, 3.8) is 0 Å². The summed E-state index contributed by atoms with van der Waals surface area (Å²) in [5, 5.41) is 8.53. The first kappa shape index (κ1) is 21.2. The van der Waals surface area contributed by atoms with Crippen molar-refractivity contribution >= 4 is 52.9 Å². The molecule has 0 saturated heterocycles. The third-order valence-corrected chi connectivity index (χ3v) is 4.97. The number of guanidine groups is 1. The van der Waals surface area contributed by atoms with E-state index in [1.54, 1.807) is 18.4 Å². The van der Waals surface area contributed by atoms with E-state index in [9.17, 15) is 0 Å². The van der Waals surface area contributed by atoms with E-state index >= 15 is 0 Å². The first-order valence-corrected chi connectivity index (χ1v) is 8.96. The standard InChI is InChI=1S/C17H23ClN4S.HI/c1-4-15-12(2)23-16(22-15)9-10-20-17(19-3)21-11-13-7-5-6-8-14(13)18;/h5-8H,4,9-11H2,1-3H3,(H2,19,20,21);1H. The number of hydrogen-bond acceptors (Lipinski definition) is 3. The molecule has 0 fully saturated rings. The number of aryl methyl sites for hydroxylation is 2. The Morgan fingerprint density at radius 3 is 2.67 bits per heavy atom. The fraction of sp³-hybridized carbons (Fsp3) is 0.412. The molecule has 2 N–H and O–H groups in total. The number of rotatable bonds is 6. The van der Waals surface area contributed by atoms with Crippen molar-refractivity contribution in [1.29, 1.82) is 0 Å². The van der Waals surface area contributed by atoms with Crippen LogP contribution in [0.2, 0.25) is 5.02 Å². The van der Waals surface area contributed by atoms with Crippen LogP contribution in [0.15, 0.2) is 29.3 Å². The highest BCUT2D eigenvalue weighted by Gasteiger charge is 2.06. The smallest absolute Gasteiger partial charge is 0.191 e. The molecular formula is C17H24ClIN4S. The monoisotopic (exact) mass is 478 g/mol. The van der Waals surface area contributed by atoms with Crippen LogP contribution >= 0.6 is 46.9 Å². The zero-order chi connectivity index (χ0) is 16.7. The summed E-state index contributed by atoms with van der Waals surface area (Å²) in [6, 6.07) is 7.81. The fourth-order valence-corrected chi connectivity index (χ4v) is 3.48. The van der Waals surface area contributed by atoms with Crippen LogP contribution in [-0.4, -0.2) is 24.5 Å². The molecule has 2 rings (SSSR count). The van der Waals surface area contributed by atoms with Gasteiger partial charge in [0, 0.05) is 36.5 Å². The largest absolute Gasteiger partial charge is 0.356 e. The number of nitrogens with one attached hydrogen (secondary N) is 2. The number of nitrogens with zero attached hydrogens (tertiary/aromatic N) is 2. The molecule has 2 aromatic rings. The molecule has 1 heterocycles. The van der Waals surface area contributed by atoms with Crippen molar-refractivity contribution in [1.82, 2.24) is 15.6 Å². The van der Waals surface area contributed by atoms with Crippen molar-refractivity contribution in [2.24, 2.45) is 4.99 Å². The van der Waals surface area contributed by atoms with E-state index in [1.165, 1.54) is 15.6 Å². The molecule has 0 aliphatic rings. The Hall–Kier alpha value is -0.860. The van der Waals surface area contributed by atoms with Gasteiger partial charge in [-0.15, -0.1) is 35.3 Å². The summed E-state index contributed by atoms with van der Waals surface area (Å²) in [6.07, 6.45) is 1.90. The minimum Gasteiger partial charge on any atom is -0.356 e. The summed E-state index contributed by atoms with van der Waals surface area (Å²) in [5.41, 5.74) is 2.27. The SMILES string of the molecule is CCc1nc(CCNC(=NC)NCc2ccccc2Cl)sc1C.I. The number of thiazole rings is 1. The topological polar surface area (TPSA) is 49.3 Å². The number of aliphatic imine (C=N–C) groups is 1. The third kappa shape index (κ3) is 6.22. The van der Waals surface area contributed by atoms with Crippen molar-refractivity contribution in [2.45, 2.75) is 33.2 Å². The molecule has 0 spiro atoms. The van der Waals surface area contributed by atoms with Crippen LogP contribution in [0.1, 0.15) is 28.1 Å². The van der Waals surface area contributed by atoms with Gasteiger partial charge in [-0.2, -0.15) is 0 Å². The molecule has 0 aliphatic carbocycles. The fourth-order valence-electron chi connectivity index (χ4n) is 2.25. The predicted octanol–water partition coefficient (Wildman–Crippen LogP) is 4.19. The van der Waals surface area contributed by atoms with Gasteiger partial charge in [-0.3, -0.25) is 4.99 Å². The van der Waals surface area contributed by atoms with E-state index in [0.29, 0.717) is 6.54 Å². The molecule has 0 saturated carbocycles. The van der Waals surface area contributed by atoms with E-state index in [0.717, 1.165) is 35.9 Å². The Labute approximate surface area is 170 Å². The van der Waals surface area contributed by atoms with Crippen LogP contribution in [0, 0.1) is 6.92 Å². The van der Waals surface area contributed by atoms with E-state index in [4.69, 9.17) is 11.6 Å². The second-order valence-corrected chi connectivity index (χ2v) is 6.85. The number of aromatic nitrogens is 1. The lowest BCUT2D eigenvalue weighted by molar-refractivity contribution is 0.789. The van der Waals surface area contributed by atoms with E-state index in [-0.39, 0.29) is 24.0 Å². The molecule has 0 bridgehead atoms. The average molecular weight is 479 g/mol. The summed E-state index contributed by atoms with van der Waals surface area (Å²) in [4.78, 5) is 10.2. The second kappa shape index (κ2) is 10.9. The van der Waals surface area contributed by atoms with Gasteiger partial charge >= 0.3 is 0 Å². The Balaban J connectivity index is 0.00000288. The molecule has 1 aromatic carbocycles. The number of benzene rings is 1. The van der Waals surface area contributed by atoms with Crippen molar-refractivity contribution < 1.29 is 0 Å². The summed E-state index contributed by atoms with van der Waals surface area (Å²) < 4.78 is 0. The maximum Gasteiger partial charge on any atom is 0.191 e.